The Kier molecular flexibility index (Phi) is 7.22. The number of benzene rings is 2. The van der Waals surface area contributed by atoms with Crippen LogP contribution in [0.25, 0.3) is 0 Å². The van der Waals surface area contributed by atoms with Gasteiger partial charge in [-0.2, -0.15) is 4.31 Å². The molecule has 0 unspecified atom stereocenters. The highest BCUT2D eigenvalue weighted by Gasteiger charge is 2.30. The molecule has 174 valence electrons. The first-order valence-corrected chi connectivity index (χ1v) is 12.4. The van der Waals surface area contributed by atoms with Gasteiger partial charge in [-0.05, 0) is 30.7 Å². The van der Waals surface area contributed by atoms with Crippen molar-refractivity contribution in [3.8, 4) is 0 Å². The zero-order valence-electron chi connectivity index (χ0n) is 18.6. The fourth-order valence-electron chi connectivity index (χ4n) is 4.07. The van der Waals surface area contributed by atoms with Crippen molar-refractivity contribution < 1.29 is 17.9 Å². The summed E-state index contributed by atoms with van der Waals surface area (Å²) in [7, 11) is -2.57. The number of carbonyl (C=O) groups is 1. The van der Waals surface area contributed by atoms with Crippen LogP contribution in [0.3, 0.4) is 0 Å². The quantitative estimate of drug-likeness (QED) is 0.496. The van der Waals surface area contributed by atoms with Gasteiger partial charge in [0, 0.05) is 38.6 Å². The summed E-state index contributed by atoms with van der Waals surface area (Å²) in [6.07, 6.45) is 4.47. The maximum atomic E-state index is 13.3. The Morgan fingerprint density at radius 2 is 1.73 bits per heavy atom. The lowest BCUT2D eigenvalue weighted by Crippen LogP contribution is -2.36. The molecule has 0 aliphatic carbocycles. The van der Waals surface area contributed by atoms with Crippen LogP contribution in [-0.4, -0.2) is 66.4 Å². The monoisotopic (exact) mass is 468 g/mol. The average Bonchev–Trinajstić information content (AvgIpc) is 3.12. The smallest absolute Gasteiger partial charge is 0.339 e. The highest BCUT2D eigenvalue weighted by atomic mass is 32.2. The van der Waals surface area contributed by atoms with E-state index in [1.807, 2.05) is 24.4 Å². The molecule has 0 saturated carbocycles. The Hall–Kier alpha value is -3.01. The van der Waals surface area contributed by atoms with Crippen LogP contribution >= 0.6 is 0 Å². The molecule has 4 rings (SSSR count). The van der Waals surface area contributed by atoms with Crippen LogP contribution in [0.2, 0.25) is 0 Å². The minimum absolute atomic E-state index is 0.0105. The molecule has 2 heterocycles. The predicted octanol–water partition coefficient (Wildman–Crippen LogP) is 2.61. The van der Waals surface area contributed by atoms with E-state index in [4.69, 9.17) is 4.74 Å². The molecule has 8 nitrogen and oxygen atoms in total. The molecule has 0 atom stereocenters. The van der Waals surface area contributed by atoms with Crippen LogP contribution < -0.4 is 0 Å². The van der Waals surface area contributed by atoms with Crippen LogP contribution in [0.1, 0.15) is 28.2 Å². The number of rotatable bonds is 7. The SMILES string of the molecule is COC(=O)c1ccccc1S(=O)(=O)N1CCCN(Cc2nccn2Cc2ccccc2)CC1. The van der Waals surface area contributed by atoms with Crippen LogP contribution in [-0.2, 0) is 27.8 Å². The van der Waals surface area contributed by atoms with E-state index in [0.717, 1.165) is 18.9 Å². The van der Waals surface area contributed by atoms with Gasteiger partial charge >= 0.3 is 5.97 Å². The van der Waals surface area contributed by atoms with Gasteiger partial charge in [0.05, 0.1) is 24.1 Å². The number of hydrogen-bond acceptors (Lipinski definition) is 6. The third-order valence-corrected chi connectivity index (χ3v) is 7.78. The van der Waals surface area contributed by atoms with Gasteiger partial charge in [-0.15, -0.1) is 0 Å². The average molecular weight is 469 g/mol. The molecule has 1 aromatic heterocycles. The Morgan fingerprint density at radius 3 is 2.52 bits per heavy atom. The highest BCUT2D eigenvalue weighted by Crippen LogP contribution is 2.22. The Labute approximate surface area is 194 Å². The Bertz CT molecular complexity index is 1190. The largest absolute Gasteiger partial charge is 0.465 e. The van der Waals surface area contributed by atoms with Crippen LogP contribution in [0.15, 0.2) is 71.9 Å². The summed E-state index contributed by atoms with van der Waals surface area (Å²) in [5.74, 6) is 0.294. The number of imidazole rings is 1. The van der Waals surface area contributed by atoms with Crippen molar-refractivity contribution in [1.82, 2.24) is 18.8 Å². The van der Waals surface area contributed by atoms with Gasteiger partial charge in [-0.25, -0.2) is 18.2 Å². The molecule has 9 heteroatoms. The number of ether oxygens (including phenoxy) is 1. The molecule has 0 spiro atoms. The Balaban J connectivity index is 1.45. The molecule has 1 aliphatic rings. The highest BCUT2D eigenvalue weighted by molar-refractivity contribution is 7.89. The van der Waals surface area contributed by atoms with Gasteiger partial charge in [0.2, 0.25) is 10.0 Å². The van der Waals surface area contributed by atoms with E-state index >= 15 is 0 Å². The fourth-order valence-corrected chi connectivity index (χ4v) is 5.72. The number of aromatic nitrogens is 2. The molecule has 1 aliphatic heterocycles. The van der Waals surface area contributed by atoms with Gasteiger partial charge in [0.15, 0.2) is 0 Å². The number of esters is 1. The normalized spacial score (nSPS) is 15.8. The van der Waals surface area contributed by atoms with Crippen molar-refractivity contribution in [3.63, 3.8) is 0 Å². The number of carbonyl (C=O) groups excluding carboxylic acids is 1. The van der Waals surface area contributed by atoms with Crippen molar-refractivity contribution >= 4 is 16.0 Å². The molecule has 1 saturated heterocycles. The standard InChI is InChI=1S/C24H28N4O4S/c1-32-24(29)21-10-5-6-11-22(21)33(30,31)28-14-7-13-26(16-17-28)19-23-25-12-15-27(23)18-20-8-3-2-4-9-20/h2-6,8-12,15H,7,13-14,16-19H2,1H3. The molecule has 2 aromatic carbocycles. The topological polar surface area (TPSA) is 84.7 Å². The first-order chi connectivity index (χ1) is 16.0. The molecule has 0 N–H and O–H groups in total. The van der Waals surface area contributed by atoms with E-state index in [-0.39, 0.29) is 10.5 Å². The van der Waals surface area contributed by atoms with Crippen LogP contribution in [0.5, 0.6) is 0 Å². The number of sulfonamides is 1. The number of nitrogens with zero attached hydrogens (tertiary/aromatic N) is 4. The zero-order chi connectivity index (χ0) is 23.3. The summed E-state index contributed by atoms with van der Waals surface area (Å²) in [5, 5.41) is 0. The second kappa shape index (κ2) is 10.3. The summed E-state index contributed by atoms with van der Waals surface area (Å²) >= 11 is 0. The first-order valence-electron chi connectivity index (χ1n) is 10.9. The van der Waals surface area contributed by atoms with Gasteiger partial charge < -0.3 is 9.30 Å². The van der Waals surface area contributed by atoms with Gasteiger partial charge in [-0.3, -0.25) is 4.90 Å². The molecular formula is C24H28N4O4S. The number of hydrogen-bond donors (Lipinski definition) is 0. The van der Waals surface area contributed by atoms with Crippen molar-refractivity contribution in [1.29, 1.82) is 0 Å². The van der Waals surface area contributed by atoms with E-state index in [9.17, 15) is 13.2 Å². The van der Waals surface area contributed by atoms with Crippen molar-refractivity contribution in [2.24, 2.45) is 0 Å². The summed E-state index contributed by atoms with van der Waals surface area (Å²) in [6.45, 7) is 3.48. The zero-order valence-corrected chi connectivity index (χ0v) is 19.4. The molecule has 3 aromatic rings. The van der Waals surface area contributed by atoms with Gasteiger partial charge in [0.1, 0.15) is 5.82 Å². The van der Waals surface area contributed by atoms with E-state index in [1.54, 1.807) is 18.3 Å². The third-order valence-electron chi connectivity index (χ3n) is 5.82. The maximum Gasteiger partial charge on any atom is 0.339 e. The van der Waals surface area contributed by atoms with E-state index in [2.05, 4.69) is 26.6 Å². The van der Waals surface area contributed by atoms with Crippen LogP contribution in [0.4, 0.5) is 0 Å². The lowest BCUT2D eigenvalue weighted by atomic mass is 10.2. The second-order valence-corrected chi connectivity index (χ2v) is 9.88. The molecule has 0 radical (unpaired) electrons. The summed E-state index contributed by atoms with van der Waals surface area (Å²) < 4.78 is 35.1. The minimum Gasteiger partial charge on any atom is -0.465 e. The van der Waals surface area contributed by atoms with Crippen molar-refractivity contribution in [2.45, 2.75) is 24.4 Å². The second-order valence-electron chi connectivity index (χ2n) is 7.98. The minimum atomic E-state index is -3.82. The summed E-state index contributed by atoms with van der Waals surface area (Å²) in [6, 6.07) is 16.4. The fraction of sp³-hybridized carbons (Fsp3) is 0.333. The molecule has 0 amide bonds. The van der Waals surface area contributed by atoms with E-state index < -0.39 is 16.0 Å². The molecule has 33 heavy (non-hydrogen) atoms. The lowest BCUT2D eigenvalue weighted by Gasteiger charge is -2.22. The van der Waals surface area contributed by atoms with Crippen molar-refractivity contribution in [3.05, 3.63) is 83.9 Å². The molecule has 0 bridgehead atoms. The predicted molar refractivity (Wildman–Crippen MR) is 124 cm³/mol. The van der Waals surface area contributed by atoms with E-state index in [1.165, 1.54) is 29.1 Å². The Morgan fingerprint density at radius 1 is 0.970 bits per heavy atom. The molecule has 1 fully saturated rings. The van der Waals surface area contributed by atoms with Gasteiger partial charge in [-0.1, -0.05) is 42.5 Å². The van der Waals surface area contributed by atoms with Crippen LogP contribution in [0, 0.1) is 0 Å². The maximum absolute atomic E-state index is 13.3. The number of methoxy groups -OCH3 is 1. The summed E-state index contributed by atoms with van der Waals surface area (Å²) in [5.41, 5.74) is 1.26. The third kappa shape index (κ3) is 5.32. The summed E-state index contributed by atoms with van der Waals surface area (Å²) in [4.78, 5) is 18.8. The van der Waals surface area contributed by atoms with E-state index in [0.29, 0.717) is 32.6 Å². The van der Waals surface area contributed by atoms with Gasteiger partial charge in [0.25, 0.3) is 0 Å². The first kappa shape index (κ1) is 23.2. The molecular weight excluding hydrogens is 440 g/mol. The van der Waals surface area contributed by atoms with Crippen molar-refractivity contribution in [2.75, 3.05) is 33.3 Å². The lowest BCUT2D eigenvalue weighted by molar-refractivity contribution is 0.0596.